The Bertz CT molecular complexity index is 1040. The third-order valence-electron chi connectivity index (χ3n) is 5.06. The van der Waals surface area contributed by atoms with E-state index in [-0.39, 0.29) is 29.7 Å². The molecule has 0 saturated heterocycles. The number of carboxylic acid groups (broad SMARTS) is 1. The summed E-state index contributed by atoms with van der Waals surface area (Å²) in [6, 6.07) is 9.87. The number of amides is 2. The Balaban J connectivity index is 1.62. The fourth-order valence-electron chi connectivity index (χ4n) is 3.50. The molecule has 1 heterocycles. The summed E-state index contributed by atoms with van der Waals surface area (Å²) in [5.74, 6) is -0.204. The van der Waals surface area contributed by atoms with Crippen LogP contribution in [0.5, 0.6) is 17.2 Å². The third-order valence-corrected chi connectivity index (χ3v) is 5.06. The van der Waals surface area contributed by atoms with Crippen molar-refractivity contribution in [2.75, 3.05) is 31.2 Å². The van der Waals surface area contributed by atoms with Gasteiger partial charge in [-0.05, 0) is 63.1 Å². The Kier molecular flexibility index (Phi) is 7.76. The molecule has 1 aliphatic heterocycles. The number of anilines is 1. The first-order valence-corrected chi connectivity index (χ1v) is 10.8. The first-order chi connectivity index (χ1) is 15.8. The molecule has 0 aliphatic carbocycles. The molecule has 2 amide bonds. The largest absolute Gasteiger partial charge is 0.490 e. The van der Waals surface area contributed by atoms with Gasteiger partial charge < -0.3 is 24.6 Å². The Morgan fingerprint density at radius 2 is 1.82 bits per heavy atom. The first-order valence-electron chi connectivity index (χ1n) is 10.8. The van der Waals surface area contributed by atoms with Gasteiger partial charge in [0.05, 0.1) is 24.5 Å². The second kappa shape index (κ2) is 10.7. The topological polar surface area (TPSA) is 114 Å². The number of hydrogen-bond acceptors (Lipinski definition) is 6. The normalized spacial score (nSPS) is 14.8. The summed E-state index contributed by atoms with van der Waals surface area (Å²) in [6.07, 6.45) is -0.250. The maximum atomic E-state index is 12.6. The number of hydrogen-bond donors (Lipinski definition) is 2. The molecule has 176 valence electrons. The fourth-order valence-corrected chi connectivity index (χ4v) is 3.50. The van der Waals surface area contributed by atoms with Gasteiger partial charge in [-0.2, -0.15) is 0 Å². The first kappa shape index (κ1) is 23.9. The van der Waals surface area contributed by atoms with E-state index in [1.165, 1.54) is 23.1 Å². The van der Waals surface area contributed by atoms with Gasteiger partial charge in [0.2, 0.25) is 5.91 Å². The zero-order chi connectivity index (χ0) is 24.0. The van der Waals surface area contributed by atoms with Crippen molar-refractivity contribution in [3.8, 4) is 17.2 Å². The van der Waals surface area contributed by atoms with Crippen LogP contribution in [0, 0.1) is 0 Å². The van der Waals surface area contributed by atoms with Crippen molar-refractivity contribution < 1.29 is 33.7 Å². The SMILES string of the molecule is CCOc1ccc(CCNC(=O)CN2C(=O)C(C)Oc3cc(C(=O)O)ccc32)cc1OCC. The molecule has 1 unspecified atom stereocenters. The fraction of sp³-hybridized carbons (Fsp3) is 0.375. The van der Waals surface area contributed by atoms with Crippen LogP contribution in [0.2, 0.25) is 0 Å². The molecule has 9 heteroatoms. The van der Waals surface area contributed by atoms with Crippen molar-refractivity contribution >= 4 is 23.5 Å². The van der Waals surface area contributed by atoms with E-state index in [0.29, 0.717) is 43.4 Å². The second-order valence-corrected chi connectivity index (χ2v) is 7.42. The molecule has 0 fully saturated rings. The summed E-state index contributed by atoms with van der Waals surface area (Å²) < 4.78 is 16.7. The second-order valence-electron chi connectivity index (χ2n) is 7.42. The van der Waals surface area contributed by atoms with Crippen molar-refractivity contribution in [1.82, 2.24) is 5.32 Å². The molecule has 1 aliphatic rings. The standard InChI is InChI=1S/C24H28N2O7/c1-4-31-19-9-6-16(12-21(19)32-5-2)10-11-25-22(27)14-26-18-8-7-17(24(29)30)13-20(18)33-15(3)23(26)28/h6-9,12-13,15H,4-5,10-11,14H2,1-3H3,(H,25,27)(H,29,30). The molecule has 9 nitrogen and oxygen atoms in total. The average Bonchev–Trinajstić information content (AvgIpc) is 2.78. The van der Waals surface area contributed by atoms with Crippen LogP contribution in [-0.2, 0) is 16.0 Å². The van der Waals surface area contributed by atoms with Crippen LogP contribution in [0.4, 0.5) is 5.69 Å². The Labute approximate surface area is 192 Å². The minimum atomic E-state index is -1.10. The number of carbonyl (C=O) groups is 3. The summed E-state index contributed by atoms with van der Waals surface area (Å²) >= 11 is 0. The molecule has 0 spiro atoms. The summed E-state index contributed by atoms with van der Waals surface area (Å²) in [6.45, 7) is 6.60. The molecule has 0 aromatic heterocycles. The van der Waals surface area contributed by atoms with Crippen LogP contribution in [0.15, 0.2) is 36.4 Å². The van der Waals surface area contributed by atoms with Crippen molar-refractivity contribution in [2.24, 2.45) is 0 Å². The average molecular weight is 456 g/mol. The van der Waals surface area contributed by atoms with Crippen LogP contribution in [0.1, 0.15) is 36.7 Å². The molecular formula is C24H28N2O7. The smallest absolute Gasteiger partial charge is 0.335 e. The molecule has 0 radical (unpaired) electrons. The predicted octanol–water partition coefficient (Wildman–Crippen LogP) is 2.66. The summed E-state index contributed by atoms with van der Waals surface area (Å²) in [5, 5.41) is 12.0. The molecular weight excluding hydrogens is 428 g/mol. The molecule has 2 N–H and O–H groups in total. The van der Waals surface area contributed by atoms with Crippen molar-refractivity contribution in [3.05, 3.63) is 47.5 Å². The number of nitrogens with zero attached hydrogens (tertiary/aromatic N) is 1. The van der Waals surface area contributed by atoms with E-state index < -0.39 is 12.1 Å². The quantitative estimate of drug-likeness (QED) is 0.565. The summed E-state index contributed by atoms with van der Waals surface area (Å²) in [5.41, 5.74) is 1.39. The number of carbonyl (C=O) groups excluding carboxylic acids is 2. The van der Waals surface area contributed by atoms with Crippen LogP contribution in [-0.4, -0.2) is 55.3 Å². The van der Waals surface area contributed by atoms with Gasteiger partial charge in [0.25, 0.3) is 5.91 Å². The van der Waals surface area contributed by atoms with Gasteiger partial charge >= 0.3 is 5.97 Å². The van der Waals surface area contributed by atoms with E-state index in [1.54, 1.807) is 6.92 Å². The molecule has 2 aromatic carbocycles. The Hall–Kier alpha value is -3.75. The number of benzene rings is 2. The Morgan fingerprint density at radius 3 is 2.52 bits per heavy atom. The number of aromatic carboxylic acids is 1. The van der Waals surface area contributed by atoms with Crippen molar-refractivity contribution in [2.45, 2.75) is 33.3 Å². The van der Waals surface area contributed by atoms with Gasteiger partial charge in [-0.25, -0.2) is 4.79 Å². The molecule has 0 saturated carbocycles. The minimum absolute atomic E-state index is 0.0430. The lowest BCUT2D eigenvalue weighted by Gasteiger charge is -2.32. The lowest BCUT2D eigenvalue weighted by molar-refractivity contribution is -0.128. The van der Waals surface area contributed by atoms with E-state index in [4.69, 9.17) is 14.2 Å². The molecule has 3 rings (SSSR count). The van der Waals surface area contributed by atoms with E-state index in [9.17, 15) is 19.5 Å². The van der Waals surface area contributed by atoms with Crippen LogP contribution >= 0.6 is 0 Å². The number of rotatable bonds is 10. The molecule has 2 aromatic rings. The van der Waals surface area contributed by atoms with Crippen LogP contribution in [0.3, 0.4) is 0 Å². The lowest BCUT2D eigenvalue weighted by Crippen LogP contribution is -2.49. The zero-order valence-corrected chi connectivity index (χ0v) is 18.9. The van der Waals surface area contributed by atoms with Gasteiger partial charge in [0.1, 0.15) is 12.3 Å². The van der Waals surface area contributed by atoms with Gasteiger partial charge in [0, 0.05) is 6.54 Å². The number of ether oxygens (including phenoxy) is 3. The van der Waals surface area contributed by atoms with Crippen molar-refractivity contribution in [3.63, 3.8) is 0 Å². The zero-order valence-electron chi connectivity index (χ0n) is 18.9. The van der Waals surface area contributed by atoms with Gasteiger partial charge in [0.15, 0.2) is 17.6 Å². The van der Waals surface area contributed by atoms with Crippen LogP contribution in [0.25, 0.3) is 0 Å². The van der Waals surface area contributed by atoms with Gasteiger partial charge in [-0.1, -0.05) is 6.07 Å². The minimum Gasteiger partial charge on any atom is -0.490 e. The number of carboxylic acids is 1. The van der Waals surface area contributed by atoms with Gasteiger partial charge in [-0.3, -0.25) is 14.5 Å². The van der Waals surface area contributed by atoms with Crippen LogP contribution < -0.4 is 24.4 Å². The molecule has 0 bridgehead atoms. The van der Waals surface area contributed by atoms with E-state index in [2.05, 4.69) is 5.32 Å². The summed E-state index contributed by atoms with van der Waals surface area (Å²) in [4.78, 5) is 37.7. The maximum absolute atomic E-state index is 12.6. The molecule has 1 atom stereocenters. The lowest BCUT2D eigenvalue weighted by atomic mass is 10.1. The number of fused-ring (bicyclic) bond motifs is 1. The van der Waals surface area contributed by atoms with E-state index in [0.717, 1.165) is 5.56 Å². The highest BCUT2D eigenvalue weighted by atomic mass is 16.5. The van der Waals surface area contributed by atoms with Crippen molar-refractivity contribution in [1.29, 1.82) is 0 Å². The van der Waals surface area contributed by atoms with E-state index >= 15 is 0 Å². The third kappa shape index (κ3) is 5.74. The maximum Gasteiger partial charge on any atom is 0.335 e. The highest BCUT2D eigenvalue weighted by molar-refractivity contribution is 6.04. The highest BCUT2D eigenvalue weighted by Gasteiger charge is 2.33. The monoisotopic (exact) mass is 456 g/mol. The number of nitrogens with one attached hydrogen (secondary N) is 1. The van der Waals surface area contributed by atoms with E-state index in [1.807, 2.05) is 32.0 Å². The molecule has 33 heavy (non-hydrogen) atoms. The highest BCUT2D eigenvalue weighted by Crippen LogP contribution is 2.35. The Morgan fingerprint density at radius 1 is 1.09 bits per heavy atom. The predicted molar refractivity (Wildman–Crippen MR) is 121 cm³/mol. The summed E-state index contributed by atoms with van der Waals surface area (Å²) in [7, 11) is 0. The van der Waals surface area contributed by atoms with Gasteiger partial charge in [-0.15, -0.1) is 0 Å².